The maximum absolute atomic E-state index is 3.72. The third-order valence-corrected chi connectivity index (χ3v) is 3.33. The van der Waals surface area contributed by atoms with E-state index in [1.807, 2.05) is 0 Å². The van der Waals surface area contributed by atoms with Crippen LogP contribution in [0.5, 0.6) is 0 Å². The van der Waals surface area contributed by atoms with E-state index in [0.717, 1.165) is 25.7 Å². The zero-order valence-corrected chi connectivity index (χ0v) is 12.7. The first kappa shape index (κ1) is 15.1. The molecule has 0 saturated heterocycles. The van der Waals surface area contributed by atoms with Gasteiger partial charge in [0.15, 0.2) is 0 Å². The van der Waals surface area contributed by atoms with Crippen LogP contribution in [0, 0.1) is 0 Å². The van der Waals surface area contributed by atoms with Gasteiger partial charge in [-0.3, -0.25) is 0 Å². The van der Waals surface area contributed by atoms with Crippen LogP contribution in [0.1, 0.15) is 79.1 Å². The zero-order valence-electron chi connectivity index (χ0n) is 12.7. The van der Waals surface area contributed by atoms with Crippen molar-refractivity contribution in [3.05, 3.63) is 22.8 Å². The molecule has 0 saturated carbocycles. The van der Waals surface area contributed by atoms with Gasteiger partial charge in [0.05, 0.1) is 0 Å². The van der Waals surface area contributed by atoms with E-state index in [9.17, 15) is 0 Å². The van der Waals surface area contributed by atoms with Crippen molar-refractivity contribution in [1.29, 1.82) is 0 Å². The fraction of sp³-hybridized carbons (Fsp3) is 0.750. The minimum atomic E-state index is 1.16. The lowest BCUT2D eigenvalue weighted by molar-refractivity contribution is 0.629. The van der Waals surface area contributed by atoms with Crippen molar-refractivity contribution in [1.82, 2.24) is 10.6 Å². The van der Waals surface area contributed by atoms with Gasteiger partial charge >= 0.3 is 0 Å². The van der Waals surface area contributed by atoms with Gasteiger partial charge in [0.25, 0.3) is 0 Å². The molecule has 1 heterocycles. The van der Waals surface area contributed by atoms with Gasteiger partial charge in [-0.1, -0.05) is 53.4 Å². The maximum Gasteiger partial charge on any atom is 0.0344 e. The monoisotopic (exact) mass is 250 g/mol. The molecule has 0 aromatic rings. The molecule has 0 amide bonds. The van der Waals surface area contributed by atoms with Crippen molar-refractivity contribution in [2.75, 3.05) is 0 Å². The largest absolute Gasteiger partial charge is 0.359 e. The first-order valence-electron chi connectivity index (χ1n) is 7.74. The van der Waals surface area contributed by atoms with Crippen LogP contribution in [0.3, 0.4) is 0 Å². The summed E-state index contributed by atoms with van der Waals surface area (Å²) < 4.78 is 0. The minimum Gasteiger partial charge on any atom is -0.359 e. The summed E-state index contributed by atoms with van der Waals surface area (Å²) in [5, 5.41) is 7.44. The van der Waals surface area contributed by atoms with Crippen LogP contribution < -0.4 is 10.6 Å². The molecule has 18 heavy (non-hydrogen) atoms. The van der Waals surface area contributed by atoms with Crippen LogP contribution >= 0.6 is 0 Å². The Morgan fingerprint density at radius 2 is 0.722 bits per heavy atom. The Hall–Kier alpha value is -0.920. The Morgan fingerprint density at radius 3 is 0.889 bits per heavy atom. The molecule has 104 valence electrons. The number of allylic oxidation sites excluding steroid dienone is 4. The quantitative estimate of drug-likeness (QED) is 0.646. The summed E-state index contributed by atoms with van der Waals surface area (Å²) in [7, 11) is 0. The van der Waals surface area contributed by atoms with E-state index in [0.29, 0.717) is 0 Å². The fourth-order valence-corrected chi connectivity index (χ4v) is 2.52. The Morgan fingerprint density at radius 1 is 0.500 bits per heavy atom. The van der Waals surface area contributed by atoms with Crippen LogP contribution in [0.4, 0.5) is 0 Å². The molecule has 2 nitrogen and oxygen atoms in total. The molecule has 0 unspecified atom stereocenters. The third-order valence-electron chi connectivity index (χ3n) is 3.33. The van der Waals surface area contributed by atoms with Gasteiger partial charge in [0, 0.05) is 22.8 Å². The Kier molecular flexibility index (Phi) is 6.92. The van der Waals surface area contributed by atoms with Crippen LogP contribution in [0.2, 0.25) is 0 Å². The normalized spacial score (nSPS) is 15.8. The first-order chi connectivity index (χ1) is 8.76. The molecule has 0 fully saturated rings. The van der Waals surface area contributed by atoms with E-state index >= 15 is 0 Å². The van der Waals surface area contributed by atoms with E-state index in [4.69, 9.17) is 0 Å². The van der Waals surface area contributed by atoms with E-state index in [1.54, 1.807) is 0 Å². The molecule has 2 heteroatoms. The highest BCUT2D eigenvalue weighted by atomic mass is 15.0. The third kappa shape index (κ3) is 4.08. The van der Waals surface area contributed by atoms with E-state index < -0.39 is 0 Å². The molecule has 0 spiro atoms. The molecule has 1 aliphatic rings. The van der Waals surface area contributed by atoms with Gasteiger partial charge in [0.2, 0.25) is 0 Å². The predicted molar refractivity (Wildman–Crippen MR) is 80.0 cm³/mol. The second-order valence-corrected chi connectivity index (χ2v) is 5.16. The molecule has 0 aromatic heterocycles. The van der Waals surface area contributed by atoms with E-state index in [-0.39, 0.29) is 0 Å². The average molecular weight is 250 g/mol. The molecule has 0 bridgehead atoms. The van der Waals surface area contributed by atoms with Gasteiger partial charge in [-0.05, 0) is 25.7 Å². The topological polar surface area (TPSA) is 24.1 Å². The molecular weight excluding hydrogens is 220 g/mol. The second kappa shape index (κ2) is 8.23. The molecule has 0 atom stereocenters. The number of rotatable bonds is 8. The second-order valence-electron chi connectivity index (χ2n) is 5.16. The zero-order chi connectivity index (χ0) is 13.4. The highest BCUT2D eigenvalue weighted by Gasteiger charge is 2.17. The van der Waals surface area contributed by atoms with Crippen LogP contribution in [0.15, 0.2) is 22.8 Å². The summed E-state index contributed by atoms with van der Waals surface area (Å²) in [6.07, 6.45) is 9.48. The average Bonchev–Trinajstić information content (AvgIpc) is 2.35. The lowest BCUT2D eigenvalue weighted by Gasteiger charge is -2.29. The molecule has 1 rings (SSSR count). The van der Waals surface area contributed by atoms with Gasteiger partial charge < -0.3 is 10.6 Å². The van der Waals surface area contributed by atoms with E-state index in [2.05, 4.69) is 38.3 Å². The Bertz CT molecular complexity index is 253. The van der Waals surface area contributed by atoms with Crippen molar-refractivity contribution in [3.63, 3.8) is 0 Å². The Balaban J connectivity index is 2.85. The fourth-order valence-electron chi connectivity index (χ4n) is 2.52. The lowest BCUT2D eigenvalue weighted by atomic mass is 10.0. The van der Waals surface area contributed by atoms with Gasteiger partial charge in [-0.15, -0.1) is 0 Å². The van der Waals surface area contributed by atoms with Crippen LogP contribution in [0.25, 0.3) is 0 Å². The smallest absolute Gasteiger partial charge is 0.0344 e. The van der Waals surface area contributed by atoms with Gasteiger partial charge in [0.1, 0.15) is 0 Å². The maximum atomic E-state index is 3.72. The van der Waals surface area contributed by atoms with Crippen molar-refractivity contribution < 1.29 is 0 Å². The molecule has 2 N–H and O–H groups in total. The SMILES string of the molecule is CCCC1=C(CCC)NC(CCC)=C(CCC)N1. The standard InChI is InChI=1S/C16H30N2/c1-5-9-13-14(10-6-2)18-16(12-8-4)15(17-13)11-7-3/h17-18H,5-12H2,1-4H3. The molecule has 1 aliphatic heterocycles. The van der Waals surface area contributed by atoms with Crippen molar-refractivity contribution in [3.8, 4) is 0 Å². The molecule has 0 aromatic carbocycles. The lowest BCUT2D eigenvalue weighted by Crippen LogP contribution is -2.31. The van der Waals surface area contributed by atoms with E-state index in [1.165, 1.54) is 48.5 Å². The van der Waals surface area contributed by atoms with Gasteiger partial charge in [-0.25, -0.2) is 0 Å². The summed E-state index contributed by atoms with van der Waals surface area (Å²) in [6, 6.07) is 0. The Labute approximate surface area is 113 Å². The number of hydrogen-bond acceptors (Lipinski definition) is 2. The van der Waals surface area contributed by atoms with Crippen molar-refractivity contribution in [2.24, 2.45) is 0 Å². The first-order valence-corrected chi connectivity index (χ1v) is 7.74. The summed E-state index contributed by atoms with van der Waals surface area (Å²) >= 11 is 0. The highest BCUT2D eigenvalue weighted by molar-refractivity contribution is 5.29. The molecular formula is C16H30N2. The molecule has 0 radical (unpaired) electrons. The summed E-state index contributed by atoms with van der Waals surface area (Å²) in [4.78, 5) is 0. The number of nitrogens with one attached hydrogen (secondary N) is 2. The minimum absolute atomic E-state index is 1.16. The summed E-state index contributed by atoms with van der Waals surface area (Å²) in [5.41, 5.74) is 5.73. The van der Waals surface area contributed by atoms with Crippen LogP contribution in [-0.4, -0.2) is 0 Å². The van der Waals surface area contributed by atoms with Crippen molar-refractivity contribution >= 4 is 0 Å². The highest BCUT2D eigenvalue weighted by Crippen LogP contribution is 2.24. The number of hydrogen-bond donors (Lipinski definition) is 2. The van der Waals surface area contributed by atoms with Gasteiger partial charge in [-0.2, -0.15) is 0 Å². The summed E-state index contributed by atoms with van der Waals surface area (Å²) in [5.74, 6) is 0. The predicted octanol–water partition coefficient (Wildman–Crippen LogP) is 4.80. The van der Waals surface area contributed by atoms with Crippen LogP contribution in [-0.2, 0) is 0 Å². The summed E-state index contributed by atoms with van der Waals surface area (Å²) in [6.45, 7) is 9.01. The van der Waals surface area contributed by atoms with Crippen molar-refractivity contribution in [2.45, 2.75) is 79.1 Å². The molecule has 0 aliphatic carbocycles.